The molecular weight excluding hydrogens is 274 g/mol. The van der Waals surface area contributed by atoms with E-state index >= 15 is 0 Å². The number of likely N-dealkylation sites (tertiary alicyclic amines) is 1. The number of urea groups is 1. The molecule has 2 fully saturated rings. The Hall–Kier alpha value is -1.63. The van der Waals surface area contributed by atoms with Crippen molar-refractivity contribution in [1.29, 1.82) is 0 Å². The molecular formula is C14H23N3O4. The second-order valence-corrected chi connectivity index (χ2v) is 6.65. The summed E-state index contributed by atoms with van der Waals surface area (Å²) >= 11 is 0. The van der Waals surface area contributed by atoms with E-state index < -0.39 is 29.0 Å². The van der Waals surface area contributed by atoms with Crippen molar-refractivity contribution < 1.29 is 19.5 Å². The van der Waals surface area contributed by atoms with Gasteiger partial charge in [-0.2, -0.15) is 0 Å². The van der Waals surface area contributed by atoms with Crippen LogP contribution in [0, 0.1) is 0 Å². The predicted molar refractivity (Wildman–Crippen MR) is 75.8 cm³/mol. The first-order valence-corrected chi connectivity index (χ1v) is 7.26. The molecule has 1 spiro atoms. The van der Waals surface area contributed by atoms with E-state index in [9.17, 15) is 19.5 Å². The molecule has 0 aromatic rings. The van der Waals surface area contributed by atoms with Crippen molar-refractivity contribution in [2.24, 2.45) is 0 Å². The van der Waals surface area contributed by atoms with E-state index in [1.165, 1.54) is 13.8 Å². The van der Waals surface area contributed by atoms with Crippen molar-refractivity contribution in [3.8, 4) is 0 Å². The Morgan fingerprint density at radius 2 is 1.81 bits per heavy atom. The van der Waals surface area contributed by atoms with Gasteiger partial charge in [-0.3, -0.25) is 4.79 Å². The molecule has 2 heterocycles. The molecule has 0 aromatic heterocycles. The molecule has 21 heavy (non-hydrogen) atoms. The Labute approximate surface area is 124 Å². The average molecular weight is 297 g/mol. The van der Waals surface area contributed by atoms with Crippen LogP contribution < -0.4 is 5.32 Å². The van der Waals surface area contributed by atoms with E-state index in [0.717, 1.165) is 4.90 Å². The van der Waals surface area contributed by atoms with Gasteiger partial charge in [0.25, 0.3) is 5.91 Å². The van der Waals surface area contributed by atoms with E-state index in [2.05, 4.69) is 24.1 Å². The highest BCUT2D eigenvalue weighted by molar-refractivity contribution is 6.10. The quantitative estimate of drug-likeness (QED) is 0.746. The maximum Gasteiger partial charge on any atom is 0.329 e. The lowest BCUT2D eigenvalue weighted by Gasteiger charge is -2.39. The van der Waals surface area contributed by atoms with Crippen LogP contribution in [0.2, 0.25) is 0 Å². The zero-order valence-corrected chi connectivity index (χ0v) is 13.0. The smallest absolute Gasteiger partial charge is 0.329 e. The normalized spacial score (nSPS) is 23.0. The molecule has 7 heteroatoms. The second kappa shape index (κ2) is 4.98. The number of carboxylic acid groups (broad SMARTS) is 1. The number of aliphatic carboxylic acids is 1. The van der Waals surface area contributed by atoms with Gasteiger partial charge in [0.1, 0.15) is 11.1 Å². The van der Waals surface area contributed by atoms with Gasteiger partial charge in [-0.05, 0) is 40.5 Å². The lowest BCUT2D eigenvalue weighted by atomic mass is 9.86. The number of amides is 3. The second-order valence-electron chi connectivity index (χ2n) is 6.65. The van der Waals surface area contributed by atoms with Crippen LogP contribution in [0.3, 0.4) is 0 Å². The Bertz CT molecular complexity index is 479. The topological polar surface area (TPSA) is 90.0 Å². The summed E-state index contributed by atoms with van der Waals surface area (Å²) in [5.74, 6) is -1.61. The number of hydrogen-bond donors (Lipinski definition) is 2. The van der Waals surface area contributed by atoms with Crippen molar-refractivity contribution in [3.63, 3.8) is 0 Å². The third-order valence-corrected chi connectivity index (χ3v) is 4.63. The minimum Gasteiger partial charge on any atom is -0.480 e. The number of rotatable bonds is 3. The first-order chi connectivity index (χ1) is 9.62. The summed E-state index contributed by atoms with van der Waals surface area (Å²) in [6.07, 6.45) is 1.03. The molecule has 2 N–H and O–H groups in total. The van der Waals surface area contributed by atoms with Gasteiger partial charge in [0.15, 0.2) is 0 Å². The molecule has 118 valence electrons. The summed E-state index contributed by atoms with van der Waals surface area (Å²) in [6.45, 7) is 8.35. The highest BCUT2D eigenvalue weighted by atomic mass is 16.4. The molecule has 0 unspecified atom stereocenters. The Balaban J connectivity index is 2.21. The third kappa shape index (κ3) is 2.39. The van der Waals surface area contributed by atoms with Crippen LogP contribution in [-0.4, -0.2) is 63.0 Å². The summed E-state index contributed by atoms with van der Waals surface area (Å²) in [4.78, 5) is 39.3. The number of hydrogen-bond acceptors (Lipinski definition) is 4. The number of piperidine rings is 1. The van der Waals surface area contributed by atoms with Crippen LogP contribution in [0.25, 0.3) is 0 Å². The number of nitrogens with zero attached hydrogens (tertiary/aromatic N) is 2. The summed E-state index contributed by atoms with van der Waals surface area (Å²) in [6, 6.07) is -0.216. The van der Waals surface area contributed by atoms with Crippen molar-refractivity contribution in [2.45, 2.75) is 57.7 Å². The molecule has 3 amide bonds. The van der Waals surface area contributed by atoms with Gasteiger partial charge in [-0.25, -0.2) is 14.5 Å². The predicted octanol–water partition coefficient (Wildman–Crippen LogP) is 0.644. The molecule has 0 bridgehead atoms. The van der Waals surface area contributed by atoms with E-state index in [-0.39, 0.29) is 0 Å². The lowest BCUT2D eigenvalue weighted by Crippen LogP contribution is -2.58. The monoisotopic (exact) mass is 297 g/mol. The van der Waals surface area contributed by atoms with Crippen LogP contribution in [0.4, 0.5) is 4.79 Å². The first-order valence-electron chi connectivity index (χ1n) is 7.26. The van der Waals surface area contributed by atoms with Crippen molar-refractivity contribution in [2.75, 3.05) is 13.1 Å². The van der Waals surface area contributed by atoms with Crippen LogP contribution in [-0.2, 0) is 9.59 Å². The maximum absolute atomic E-state index is 12.7. The van der Waals surface area contributed by atoms with Gasteiger partial charge in [0.05, 0.1) is 0 Å². The van der Waals surface area contributed by atoms with Crippen LogP contribution >= 0.6 is 0 Å². The zero-order chi connectivity index (χ0) is 16.0. The summed E-state index contributed by atoms with van der Waals surface area (Å²) < 4.78 is 0. The highest BCUT2D eigenvalue weighted by Gasteiger charge is 2.58. The fourth-order valence-electron chi connectivity index (χ4n) is 2.98. The van der Waals surface area contributed by atoms with Gasteiger partial charge < -0.3 is 15.3 Å². The van der Waals surface area contributed by atoms with E-state index in [1.54, 1.807) is 0 Å². The van der Waals surface area contributed by atoms with Crippen molar-refractivity contribution >= 4 is 17.9 Å². The fraction of sp³-hybridized carbons (Fsp3) is 0.786. The summed E-state index contributed by atoms with van der Waals surface area (Å²) in [7, 11) is 0. The molecule has 0 radical (unpaired) electrons. The number of carbonyl (C=O) groups is 3. The molecule has 2 rings (SSSR count). The van der Waals surface area contributed by atoms with Gasteiger partial charge in [0, 0.05) is 19.1 Å². The molecule has 7 nitrogen and oxygen atoms in total. The van der Waals surface area contributed by atoms with E-state index in [0.29, 0.717) is 32.0 Å². The van der Waals surface area contributed by atoms with E-state index in [4.69, 9.17) is 0 Å². The minimum atomic E-state index is -1.54. The Morgan fingerprint density at radius 1 is 1.29 bits per heavy atom. The van der Waals surface area contributed by atoms with Gasteiger partial charge in [0.2, 0.25) is 0 Å². The lowest BCUT2D eigenvalue weighted by molar-refractivity contribution is -0.154. The number of imide groups is 1. The van der Waals surface area contributed by atoms with Crippen LogP contribution in [0.5, 0.6) is 0 Å². The van der Waals surface area contributed by atoms with Crippen molar-refractivity contribution in [1.82, 2.24) is 15.1 Å². The largest absolute Gasteiger partial charge is 0.480 e. The van der Waals surface area contributed by atoms with Gasteiger partial charge in [-0.1, -0.05) is 0 Å². The highest BCUT2D eigenvalue weighted by Crippen LogP contribution is 2.33. The summed E-state index contributed by atoms with van der Waals surface area (Å²) in [5, 5.41) is 12.0. The van der Waals surface area contributed by atoms with Crippen molar-refractivity contribution in [3.05, 3.63) is 0 Å². The van der Waals surface area contributed by atoms with E-state index in [1.807, 2.05) is 0 Å². The number of carboxylic acids is 1. The standard InChI is InChI=1S/C14H23N3O4/c1-9(2)16-7-5-14(6-8-16)10(18)17(12(21)15-14)13(3,4)11(19)20/h9H,5-8H2,1-4H3,(H,15,21)(H,19,20). The third-order valence-electron chi connectivity index (χ3n) is 4.63. The SMILES string of the molecule is CC(C)N1CCC2(CC1)NC(=O)N(C(C)(C)C(=O)O)C2=O. The Morgan fingerprint density at radius 3 is 2.24 bits per heavy atom. The molecule has 2 aliphatic rings. The van der Waals surface area contributed by atoms with Crippen LogP contribution in [0.1, 0.15) is 40.5 Å². The number of carbonyl (C=O) groups excluding carboxylic acids is 2. The fourth-order valence-corrected chi connectivity index (χ4v) is 2.98. The van der Waals surface area contributed by atoms with Crippen LogP contribution in [0.15, 0.2) is 0 Å². The van der Waals surface area contributed by atoms with Gasteiger partial charge >= 0.3 is 12.0 Å². The molecule has 0 aliphatic carbocycles. The molecule has 2 aliphatic heterocycles. The molecule has 0 atom stereocenters. The average Bonchev–Trinajstić information content (AvgIpc) is 2.61. The summed E-state index contributed by atoms with van der Waals surface area (Å²) in [5.41, 5.74) is -2.48. The maximum atomic E-state index is 12.7. The zero-order valence-electron chi connectivity index (χ0n) is 13.0. The first kappa shape index (κ1) is 15.8. The Kier molecular flexibility index (Phi) is 3.73. The minimum absolute atomic E-state index is 0.390. The number of nitrogens with one attached hydrogen (secondary N) is 1. The van der Waals surface area contributed by atoms with Gasteiger partial charge in [-0.15, -0.1) is 0 Å². The molecule has 0 aromatic carbocycles. The molecule has 0 saturated carbocycles. The molecule has 2 saturated heterocycles.